The first-order valence-electron chi connectivity index (χ1n) is 7.69. The minimum absolute atomic E-state index is 0.887. The second-order valence-corrected chi connectivity index (χ2v) is 5.05. The molecule has 0 aliphatic heterocycles. The maximum atomic E-state index is 4.67. The van der Waals surface area contributed by atoms with Crippen LogP contribution in [0.4, 0.5) is 0 Å². The minimum Gasteiger partial charge on any atom is -0.288 e. The lowest BCUT2D eigenvalue weighted by molar-refractivity contribution is 0.806. The molecule has 1 heterocycles. The molecule has 0 aliphatic carbocycles. The third-order valence-corrected chi connectivity index (χ3v) is 3.21. The highest BCUT2D eigenvalue weighted by Crippen LogP contribution is 2.04. The van der Waals surface area contributed by atoms with Gasteiger partial charge in [0.25, 0.3) is 0 Å². The van der Waals surface area contributed by atoms with Crippen molar-refractivity contribution in [2.45, 2.75) is 53.4 Å². The Hall–Kier alpha value is -1.51. The van der Waals surface area contributed by atoms with Gasteiger partial charge in [-0.2, -0.15) is 0 Å². The Bertz CT molecular complexity index is 422. The molecule has 1 rings (SSSR count). The molecule has 3 nitrogen and oxygen atoms in total. The van der Waals surface area contributed by atoms with E-state index in [4.69, 9.17) is 0 Å². The molecule has 110 valence electrons. The Morgan fingerprint density at radius 2 is 1.35 bits per heavy atom. The molecule has 3 heteroatoms. The monoisotopic (exact) mass is 273 g/mol. The maximum Gasteiger partial charge on any atom is 0.0845 e. The van der Waals surface area contributed by atoms with Crippen LogP contribution in [0.2, 0.25) is 0 Å². The van der Waals surface area contributed by atoms with Gasteiger partial charge in [0.2, 0.25) is 0 Å². The predicted molar refractivity (Wildman–Crippen MR) is 88.2 cm³/mol. The molecule has 1 aromatic heterocycles. The molecule has 0 unspecified atom stereocenters. The van der Waals surface area contributed by atoms with E-state index < -0.39 is 0 Å². The number of hydrogen-bond acceptors (Lipinski definition) is 3. The molecular formula is C17H27N3. The molecule has 0 N–H and O–H groups in total. The van der Waals surface area contributed by atoms with Crippen LogP contribution >= 0.6 is 0 Å². The van der Waals surface area contributed by atoms with Crippen molar-refractivity contribution in [3.63, 3.8) is 0 Å². The van der Waals surface area contributed by atoms with Crippen LogP contribution in [0.1, 0.15) is 64.8 Å². The van der Waals surface area contributed by atoms with Crippen molar-refractivity contribution in [3.8, 4) is 0 Å². The van der Waals surface area contributed by atoms with E-state index in [9.17, 15) is 0 Å². The SMILES string of the molecule is CCCCN=C(C)c1cccc(C(C)=NCCCC)n1. The van der Waals surface area contributed by atoms with Crippen LogP contribution < -0.4 is 0 Å². The molecule has 0 fully saturated rings. The topological polar surface area (TPSA) is 37.6 Å². The van der Waals surface area contributed by atoms with Crippen molar-refractivity contribution in [1.29, 1.82) is 0 Å². The Kier molecular flexibility index (Phi) is 7.78. The lowest BCUT2D eigenvalue weighted by Gasteiger charge is -2.05. The molecule has 0 spiro atoms. The van der Waals surface area contributed by atoms with Crippen LogP contribution in [0.5, 0.6) is 0 Å². The summed E-state index contributed by atoms with van der Waals surface area (Å²) in [4.78, 5) is 13.8. The van der Waals surface area contributed by atoms with Gasteiger partial charge in [-0.1, -0.05) is 32.8 Å². The highest BCUT2D eigenvalue weighted by molar-refractivity contribution is 6.00. The minimum atomic E-state index is 0.887. The highest BCUT2D eigenvalue weighted by Gasteiger charge is 2.03. The van der Waals surface area contributed by atoms with Crippen molar-refractivity contribution in [2.24, 2.45) is 9.98 Å². The fraction of sp³-hybridized carbons (Fsp3) is 0.588. The summed E-state index contributed by atoms with van der Waals surface area (Å²) >= 11 is 0. The first-order valence-corrected chi connectivity index (χ1v) is 7.69. The Morgan fingerprint density at radius 1 is 0.900 bits per heavy atom. The zero-order chi connectivity index (χ0) is 14.8. The number of unbranched alkanes of at least 4 members (excludes halogenated alkanes) is 2. The van der Waals surface area contributed by atoms with E-state index in [-0.39, 0.29) is 0 Å². The average Bonchev–Trinajstić information content (AvgIpc) is 2.47. The summed E-state index contributed by atoms with van der Waals surface area (Å²) in [5.74, 6) is 0. The van der Waals surface area contributed by atoms with Crippen LogP contribution in [0.15, 0.2) is 28.2 Å². The maximum absolute atomic E-state index is 4.67. The zero-order valence-corrected chi connectivity index (χ0v) is 13.3. The number of aromatic nitrogens is 1. The zero-order valence-electron chi connectivity index (χ0n) is 13.3. The van der Waals surface area contributed by atoms with E-state index in [1.54, 1.807) is 0 Å². The van der Waals surface area contributed by atoms with Gasteiger partial charge in [-0.25, -0.2) is 4.98 Å². The molecule has 0 saturated carbocycles. The molecule has 1 aromatic rings. The second kappa shape index (κ2) is 9.40. The molecule has 0 bridgehead atoms. The van der Waals surface area contributed by atoms with Gasteiger partial charge in [0.15, 0.2) is 0 Å². The van der Waals surface area contributed by atoms with Crippen LogP contribution in [0, 0.1) is 0 Å². The molecule has 0 amide bonds. The summed E-state index contributed by atoms with van der Waals surface area (Å²) in [6.07, 6.45) is 4.62. The lowest BCUT2D eigenvalue weighted by Crippen LogP contribution is -2.06. The molecule has 20 heavy (non-hydrogen) atoms. The smallest absolute Gasteiger partial charge is 0.0845 e. The van der Waals surface area contributed by atoms with E-state index in [0.29, 0.717) is 0 Å². The van der Waals surface area contributed by atoms with Crippen molar-refractivity contribution >= 4 is 11.4 Å². The molecule has 0 aromatic carbocycles. The standard InChI is InChI=1S/C17H27N3/c1-5-7-12-18-14(3)16-10-9-11-17(20-16)15(4)19-13-8-6-2/h9-11H,5-8,12-13H2,1-4H3. The first kappa shape index (κ1) is 16.5. The summed E-state index contributed by atoms with van der Waals surface area (Å²) in [5.41, 5.74) is 3.95. The summed E-state index contributed by atoms with van der Waals surface area (Å²) in [5, 5.41) is 0. The van der Waals surface area contributed by atoms with Crippen molar-refractivity contribution in [3.05, 3.63) is 29.6 Å². The number of aliphatic imine (C=N–C) groups is 2. The fourth-order valence-electron chi connectivity index (χ4n) is 1.81. The Balaban J connectivity index is 2.79. The summed E-state index contributed by atoms with van der Waals surface area (Å²) < 4.78 is 0. The fourth-order valence-corrected chi connectivity index (χ4v) is 1.81. The number of nitrogens with zero attached hydrogens (tertiary/aromatic N) is 3. The lowest BCUT2D eigenvalue weighted by atomic mass is 10.2. The normalized spacial score (nSPS) is 12.8. The molecule has 0 saturated heterocycles. The molecule has 0 aliphatic rings. The van der Waals surface area contributed by atoms with E-state index >= 15 is 0 Å². The van der Waals surface area contributed by atoms with Gasteiger partial charge in [0.1, 0.15) is 0 Å². The molecule has 0 atom stereocenters. The quantitative estimate of drug-likeness (QED) is 0.514. The Labute approximate surface area is 123 Å². The van der Waals surface area contributed by atoms with Gasteiger partial charge in [-0.3, -0.25) is 9.98 Å². The van der Waals surface area contributed by atoms with Crippen molar-refractivity contribution in [2.75, 3.05) is 13.1 Å². The second-order valence-electron chi connectivity index (χ2n) is 5.05. The van der Waals surface area contributed by atoms with E-state index in [0.717, 1.165) is 48.7 Å². The number of rotatable bonds is 8. The predicted octanol–water partition coefficient (Wildman–Crippen LogP) is 4.30. The van der Waals surface area contributed by atoms with Gasteiger partial charge in [-0.15, -0.1) is 0 Å². The van der Waals surface area contributed by atoms with E-state index in [2.05, 4.69) is 28.8 Å². The van der Waals surface area contributed by atoms with Crippen molar-refractivity contribution in [1.82, 2.24) is 4.98 Å². The van der Waals surface area contributed by atoms with Crippen molar-refractivity contribution < 1.29 is 0 Å². The number of hydrogen-bond donors (Lipinski definition) is 0. The first-order chi connectivity index (χ1) is 9.69. The highest BCUT2D eigenvalue weighted by atomic mass is 14.8. The van der Waals surface area contributed by atoms with E-state index in [1.165, 1.54) is 12.8 Å². The van der Waals surface area contributed by atoms with Gasteiger partial charge in [-0.05, 0) is 38.8 Å². The largest absolute Gasteiger partial charge is 0.288 e. The summed E-state index contributed by atoms with van der Waals surface area (Å²) in [6, 6.07) is 6.08. The summed E-state index contributed by atoms with van der Waals surface area (Å²) in [7, 11) is 0. The Morgan fingerprint density at radius 3 is 1.75 bits per heavy atom. The number of pyridine rings is 1. The third-order valence-electron chi connectivity index (χ3n) is 3.21. The van der Waals surface area contributed by atoms with Gasteiger partial charge < -0.3 is 0 Å². The van der Waals surface area contributed by atoms with Crippen LogP contribution in [0.3, 0.4) is 0 Å². The van der Waals surface area contributed by atoms with Crippen LogP contribution in [0.25, 0.3) is 0 Å². The van der Waals surface area contributed by atoms with Gasteiger partial charge in [0, 0.05) is 13.1 Å². The average molecular weight is 273 g/mol. The third kappa shape index (κ3) is 5.64. The molecule has 0 radical (unpaired) electrons. The van der Waals surface area contributed by atoms with Gasteiger partial charge >= 0.3 is 0 Å². The van der Waals surface area contributed by atoms with Crippen LogP contribution in [-0.4, -0.2) is 29.5 Å². The molecular weight excluding hydrogens is 246 g/mol. The van der Waals surface area contributed by atoms with E-state index in [1.807, 2.05) is 32.0 Å². The van der Waals surface area contributed by atoms with Crippen LogP contribution in [-0.2, 0) is 0 Å². The summed E-state index contributed by atoms with van der Waals surface area (Å²) in [6.45, 7) is 10.2. The van der Waals surface area contributed by atoms with Gasteiger partial charge in [0.05, 0.1) is 22.8 Å².